The second kappa shape index (κ2) is 15.4. The molecule has 0 heterocycles. The fraction of sp³-hybridized carbons (Fsp3) is 0.516. The second-order valence-electron chi connectivity index (χ2n) is 11.2. The van der Waals surface area contributed by atoms with E-state index in [1.54, 1.807) is 0 Å². The van der Waals surface area contributed by atoms with E-state index < -0.39 is 35.7 Å². The van der Waals surface area contributed by atoms with Gasteiger partial charge in [-0.2, -0.15) is 0 Å². The number of phenols is 1. The maximum absolute atomic E-state index is 13.5. The molecule has 2 aromatic carbocycles. The summed E-state index contributed by atoms with van der Waals surface area (Å²) in [5.74, 6) is -1.98. The summed E-state index contributed by atoms with van der Waals surface area (Å²) in [6.07, 6.45) is 1.33. The van der Waals surface area contributed by atoms with E-state index in [0.717, 1.165) is 24.1 Å². The van der Waals surface area contributed by atoms with Gasteiger partial charge < -0.3 is 20.8 Å². The summed E-state index contributed by atoms with van der Waals surface area (Å²) in [5, 5.41) is 27.1. The summed E-state index contributed by atoms with van der Waals surface area (Å²) in [6, 6.07) is 11.2. The van der Waals surface area contributed by atoms with Gasteiger partial charge in [0.25, 0.3) is 5.91 Å². The summed E-state index contributed by atoms with van der Waals surface area (Å²) in [5.41, 5.74) is 0.800. The Morgan fingerprint density at radius 1 is 0.949 bits per heavy atom. The van der Waals surface area contributed by atoms with Gasteiger partial charge in [-0.15, -0.1) is 0 Å². The Hall–Kier alpha value is -3.26. The normalized spacial score (nSPS) is 14.5. The number of amides is 2. The number of carbonyl (C=O) groups is 3. The summed E-state index contributed by atoms with van der Waals surface area (Å²) in [4.78, 5) is 37.9. The number of ketones is 1. The van der Waals surface area contributed by atoms with Crippen molar-refractivity contribution in [1.82, 2.24) is 10.6 Å². The highest BCUT2D eigenvalue weighted by molar-refractivity contribution is 5.97. The highest BCUT2D eigenvalue weighted by atomic mass is 19.1. The summed E-state index contributed by atoms with van der Waals surface area (Å²) in [6.45, 7) is 9.34. The van der Waals surface area contributed by atoms with Crippen LogP contribution in [-0.4, -0.2) is 46.0 Å². The predicted molar refractivity (Wildman–Crippen MR) is 150 cm³/mol. The van der Waals surface area contributed by atoms with E-state index in [4.69, 9.17) is 0 Å². The number of phenolic OH excluding ortho intramolecular Hbond substituents is 1. The van der Waals surface area contributed by atoms with E-state index in [1.807, 2.05) is 44.2 Å². The molecule has 8 heteroatoms. The first-order valence-corrected chi connectivity index (χ1v) is 13.7. The molecule has 2 rings (SSSR count). The maximum atomic E-state index is 13.5. The van der Waals surface area contributed by atoms with Gasteiger partial charge in [0.2, 0.25) is 5.91 Å². The average molecular weight is 543 g/mol. The largest absolute Gasteiger partial charge is 0.507 e. The fourth-order valence-electron chi connectivity index (χ4n) is 4.72. The molecular formula is C31H43FN2O5. The molecule has 2 aromatic rings. The molecule has 0 aliphatic carbocycles. The lowest BCUT2D eigenvalue weighted by Gasteiger charge is -2.29. The van der Waals surface area contributed by atoms with Crippen molar-refractivity contribution in [2.75, 3.05) is 0 Å². The zero-order valence-electron chi connectivity index (χ0n) is 23.6. The van der Waals surface area contributed by atoms with Crippen LogP contribution < -0.4 is 10.6 Å². The third-order valence-corrected chi connectivity index (χ3v) is 6.87. The fourth-order valence-corrected chi connectivity index (χ4v) is 4.72. The molecule has 0 aliphatic rings. The number of benzene rings is 2. The summed E-state index contributed by atoms with van der Waals surface area (Å²) in [7, 11) is 0. The van der Waals surface area contributed by atoms with Crippen LogP contribution in [0.4, 0.5) is 4.39 Å². The number of Topliss-reactive ketones (excluding diaryl/α,β-unsaturated/α-hetero) is 1. The molecule has 214 valence electrons. The van der Waals surface area contributed by atoms with Crippen LogP contribution in [0.1, 0.15) is 76.2 Å². The summed E-state index contributed by atoms with van der Waals surface area (Å²) >= 11 is 0. The lowest BCUT2D eigenvalue weighted by atomic mass is 9.83. The number of aliphatic hydroxyl groups is 1. The lowest BCUT2D eigenvalue weighted by Crippen LogP contribution is -2.46. The molecule has 0 fully saturated rings. The van der Waals surface area contributed by atoms with Gasteiger partial charge in [-0.3, -0.25) is 14.4 Å². The van der Waals surface area contributed by atoms with E-state index in [-0.39, 0.29) is 41.9 Å². The van der Waals surface area contributed by atoms with Crippen molar-refractivity contribution in [2.24, 2.45) is 17.8 Å². The van der Waals surface area contributed by atoms with E-state index in [2.05, 4.69) is 24.5 Å². The number of halogens is 1. The van der Waals surface area contributed by atoms with Crippen molar-refractivity contribution in [3.63, 3.8) is 0 Å². The quantitative estimate of drug-likeness (QED) is 0.258. The molecule has 0 saturated carbocycles. The third kappa shape index (κ3) is 10.8. The maximum Gasteiger partial charge on any atom is 0.255 e. The SMILES string of the molecule is CC(=O)N[C@H](C(=O)C[C@@H](CCC(C)C)C[C@H](O)[C@H](Cc1ccccc1)NC(=O)c1ccc(F)cc1O)C(C)C. The number of carbonyl (C=O) groups excluding carboxylic acids is 3. The topological polar surface area (TPSA) is 116 Å². The molecular weight excluding hydrogens is 499 g/mol. The zero-order valence-corrected chi connectivity index (χ0v) is 23.6. The van der Waals surface area contributed by atoms with Crippen LogP contribution in [0.2, 0.25) is 0 Å². The van der Waals surface area contributed by atoms with Gasteiger partial charge in [0.15, 0.2) is 5.78 Å². The van der Waals surface area contributed by atoms with Gasteiger partial charge in [-0.1, -0.05) is 64.4 Å². The molecule has 0 bridgehead atoms. The molecule has 39 heavy (non-hydrogen) atoms. The molecule has 0 saturated heterocycles. The van der Waals surface area contributed by atoms with Crippen LogP contribution in [0.5, 0.6) is 5.75 Å². The lowest BCUT2D eigenvalue weighted by molar-refractivity contribution is -0.128. The molecule has 4 N–H and O–H groups in total. The van der Waals surface area contributed by atoms with Crippen LogP contribution in [-0.2, 0) is 16.0 Å². The molecule has 0 aliphatic heterocycles. The number of rotatable bonds is 15. The van der Waals surface area contributed by atoms with Gasteiger partial charge >= 0.3 is 0 Å². The Kier molecular flexibility index (Phi) is 12.6. The van der Waals surface area contributed by atoms with Crippen molar-refractivity contribution in [1.29, 1.82) is 0 Å². The minimum atomic E-state index is -1.00. The Morgan fingerprint density at radius 3 is 2.18 bits per heavy atom. The van der Waals surface area contributed by atoms with E-state index in [0.29, 0.717) is 18.8 Å². The van der Waals surface area contributed by atoms with Crippen molar-refractivity contribution < 1.29 is 29.0 Å². The smallest absolute Gasteiger partial charge is 0.255 e. The van der Waals surface area contributed by atoms with E-state index in [1.165, 1.54) is 13.0 Å². The first-order valence-electron chi connectivity index (χ1n) is 13.7. The minimum Gasteiger partial charge on any atom is -0.507 e. The summed E-state index contributed by atoms with van der Waals surface area (Å²) < 4.78 is 13.5. The van der Waals surface area contributed by atoms with Crippen LogP contribution in [0.3, 0.4) is 0 Å². The zero-order chi connectivity index (χ0) is 29.1. The Bertz CT molecular complexity index is 1090. The number of nitrogens with one attached hydrogen (secondary N) is 2. The molecule has 0 aromatic heterocycles. The van der Waals surface area contributed by atoms with Gasteiger partial charge in [0.05, 0.1) is 23.8 Å². The Balaban J connectivity index is 2.27. The monoisotopic (exact) mass is 542 g/mol. The number of hydrogen-bond donors (Lipinski definition) is 4. The van der Waals surface area contributed by atoms with Gasteiger partial charge in [0.1, 0.15) is 11.6 Å². The molecule has 0 unspecified atom stereocenters. The van der Waals surface area contributed by atoms with Gasteiger partial charge in [0, 0.05) is 19.4 Å². The van der Waals surface area contributed by atoms with Crippen LogP contribution in [0, 0.1) is 23.6 Å². The second-order valence-corrected chi connectivity index (χ2v) is 11.2. The Morgan fingerprint density at radius 2 is 1.62 bits per heavy atom. The molecule has 7 nitrogen and oxygen atoms in total. The van der Waals surface area contributed by atoms with Crippen LogP contribution >= 0.6 is 0 Å². The Labute approximate surface area is 231 Å². The first kappa shape index (κ1) is 32.0. The molecule has 4 atom stereocenters. The molecule has 0 radical (unpaired) electrons. The van der Waals surface area contributed by atoms with Crippen molar-refractivity contribution in [3.8, 4) is 5.75 Å². The first-order chi connectivity index (χ1) is 18.4. The third-order valence-electron chi connectivity index (χ3n) is 6.87. The number of hydrogen-bond acceptors (Lipinski definition) is 5. The average Bonchev–Trinajstić information content (AvgIpc) is 2.85. The number of aromatic hydroxyl groups is 1. The predicted octanol–water partition coefficient (Wildman–Crippen LogP) is 4.80. The van der Waals surface area contributed by atoms with Gasteiger partial charge in [-0.25, -0.2) is 4.39 Å². The highest BCUT2D eigenvalue weighted by Gasteiger charge is 2.30. The number of aliphatic hydroxyl groups excluding tert-OH is 1. The van der Waals surface area contributed by atoms with Crippen LogP contribution in [0.25, 0.3) is 0 Å². The standard InChI is InChI=1S/C31H43FN2O5/c1-19(2)11-12-23(17-29(38)30(20(3)4)33-21(5)35)16-28(37)26(15-22-9-7-6-8-10-22)34-31(39)25-14-13-24(32)18-27(25)36/h6-10,13-14,18-20,23,26,28,30,36-37H,11-12,15-17H2,1-5H3,(H,33,35)(H,34,39)/t23-,26-,28-,30-/m0/s1. The van der Waals surface area contributed by atoms with E-state index >= 15 is 0 Å². The molecule has 0 spiro atoms. The van der Waals surface area contributed by atoms with Crippen molar-refractivity contribution in [2.45, 2.75) is 84.9 Å². The highest BCUT2D eigenvalue weighted by Crippen LogP contribution is 2.25. The minimum absolute atomic E-state index is 0.0782. The van der Waals surface area contributed by atoms with Crippen molar-refractivity contribution in [3.05, 3.63) is 65.5 Å². The van der Waals surface area contributed by atoms with Crippen molar-refractivity contribution >= 4 is 17.6 Å². The molecule has 2 amide bonds. The van der Waals surface area contributed by atoms with E-state index in [9.17, 15) is 29.0 Å². The van der Waals surface area contributed by atoms with Crippen LogP contribution in [0.15, 0.2) is 48.5 Å². The van der Waals surface area contributed by atoms with Gasteiger partial charge in [-0.05, 0) is 54.7 Å².